The molecule has 1 heterocycles. The molecular weight excluding hydrogens is 356 g/mol. The first-order valence-electron chi connectivity index (χ1n) is 6.89. The normalized spacial score (nSPS) is 19.0. The fourth-order valence-corrected chi connectivity index (χ4v) is 3.15. The maximum Gasteiger partial charge on any atom is 0.410 e. The fourth-order valence-electron chi connectivity index (χ4n) is 2.36. The standard InChI is InChI=1S/C15H20BrClN2O2/c1-15(2,3)21-14(20)19-7-6-12(18)13-9(8-19)10(16)4-5-11(13)17/h4-5,12H,6-8,18H2,1-3H3/t12-/m0/s1. The van der Waals surface area contributed by atoms with Crippen molar-refractivity contribution in [2.24, 2.45) is 5.73 Å². The first-order chi connectivity index (χ1) is 9.69. The van der Waals surface area contributed by atoms with Gasteiger partial charge in [0, 0.05) is 22.1 Å². The lowest BCUT2D eigenvalue weighted by Crippen LogP contribution is -2.36. The van der Waals surface area contributed by atoms with Crippen LogP contribution in [0.2, 0.25) is 5.02 Å². The smallest absolute Gasteiger partial charge is 0.410 e. The van der Waals surface area contributed by atoms with E-state index in [1.165, 1.54) is 0 Å². The minimum atomic E-state index is -0.514. The Balaban J connectivity index is 2.31. The third-order valence-electron chi connectivity index (χ3n) is 3.33. The average molecular weight is 376 g/mol. The molecule has 2 rings (SSSR count). The van der Waals surface area contributed by atoms with Crippen molar-refractivity contribution in [3.8, 4) is 0 Å². The van der Waals surface area contributed by atoms with E-state index in [1.807, 2.05) is 32.9 Å². The number of nitrogens with zero attached hydrogens (tertiary/aromatic N) is 1. The predicted octanol–water partition coefficient (Wildman–Crippen LogP) is 4.24. The molecule has 0 saturated heterocycles. The first kappa shape index (κ1) is 16.6. The second kappa shape index (κ2) is 6.15. The van der Waals surface area contributed by atoms with Crippen LogP contribution in [0.15, 0.2) is 16.6 Å². The SMILES string of the molecule is CC(C)(C)OC(=O)N1CC[C@H](N)c2c(Cl)ccc(Br)c2C1. The van der Waals surface area contributed by atoms with Gasteiger partial charge in [0.25, 0.3) is 0 Å². The summed E-state index contributed by atoms with van der Waals surface area (Å²) in [6, 6.07) is 3.53. The molecule has 1 aromatic carbocycles. The molecule has 0 aromatic heterocycles. The maximum atomic E-state index is 12.3. The average Bonchev–Trinajstić information content (AvgIpc) is 2.52. The van der Waals surface area contributed by atoms with Gasteiger partial charge in [-0.3, -0.25) is 0 Å². The lowest BCUT2D eigenvalue weighted by molar-refractivity contribution is 0.0234. The Bertz CT molecular complexity index is 557. The molecule has 0 fully saturated rings. The summed E-state index contributed by atoms with van der Waals surface area (Å²) in [6.45, 7) is 6.56. The summed E-state index contributed by atoms with van der Waals surface area (Å²) in [4.78, 5) is 14.0. The van der Waals surface area contributed by atoms with E-state index in [2.05, 4.69) is 15.9 Å². The van der Waals surface area contributed by atoms with Crippen LogP contribution in [0.1, 0.15) is 44.4 Å². The number of ether oxygens (including phenoxy) is 1. The van der Waals surface area contributed by atoms with Crippen LogP contribution in [0.25, 0.3) is 0 Å². The molecule has 1 aliphatic rings. The van der Waals surface area contributed by atoms with Gasteiger partial charge < -0.3 is 15.4 Å². The van der Waals surface area contributed by atoms with E-state index in [1.54, 1.807) is 4.90 Å². The highest BCUT2D eigenvalue weighted by Crippen LogP contribution is 2.35. The number of nitrogens with two attached hydrogens (primary N) is 1. The van der Waals surface area contributed by atoms with Gasteiger partial charge in [0.05, 0.1) is 6.54 Å². The lowest BCUT2D eigenvalue weighted by atomic mass is 10.00. The second-order valence-electron chi connectivity index (χ2n) is 6.22. The number of fused-ring (bicyclic) bond motifs is 1. The molecule has 116 valence electrons. The van der Waals surface area contributed by atoms with E-state index in [4.69, 9.17) is 22.1 Å². The summed E-state index contributed by atoms with van der Waals surface area (Å²) in [6.07, 6.45) is 0.331. The third kappa shape index (κ3) is 3.90. The highest BCUT2D eigenvalue weighted by Gasteiger charge is 2.29. The molecule has 4 nitrogen and oxygen atoms in total. The number of hydrogen-bond donors (Lipinski definition) is 1. The molecule has 0 bridgehead atoms. The van der Waals surface area contributed by atoms with Gasteiger partial charge in [-0.05, 0) is 50.5 Å². The van der Waals surface area contributed by atoms with Crippen molar-refractivity contribution in [1.29, 1.82) is 0 Å². The van der Waals surface area contributed by atoms with Crippen molar-refractivity contribution in [1.82, 2.24) is 4.90 Å². The van der Waals surface area contributed by atoms with Gasteiger partial charge in [-0.15, -0.1) is 0 Å². The van der Waals surface area contributed by atoms with Crippen LogP contribution in [0.3, 0.4) is 0 Å². The van der Waals surface area contributed by atoms with Gasteiger partial charge in [0.2, 0.25) is 0 Å². The quantitative estimate of drug-likeness (QED) is 0.738. The van der Waals surface area contributed by atoms with Crippen LogP contribution in [0.5, 0.6) is 0 Å². The summed E-state index contributed by atoms with van der Waals surface area (Å²) in [7, 11) is 0. The number of hydrogen-bond acceptors (Lipinski definition) is 3. The maximum absolute atomic E-state index is 12.3. The molecule has 0 spiro atoms. The van der Waals surface area contributed by atoms with E-state index in [-0.39, 0.29) is 12.1 Å². The minimum absolute atomic E-state index is 0.183. The molecule has 0 unspecified atom stereocenters. The van der Waals surface area contributed by atoms with E-state index in [0.29, 0.717) is 24.5 Å². The molecule has 1 aromatic rings. The van der Waals surface area contributed by atoms with E-state index in [0.717, 1.165) is 15.6 Å². The third-order valence-corrected chi connectivity index (χ3v) is 4.40. The highest BCUT2D eigenvalue weighted by atomic mass is 79.9. The van der Waals surface area contributed by atoms with Crippen molar-refractivity contribution in [3.63, 3.8) is 0 Å². The Kier molecular flexibility index (Phi) is 4.85. The van der Waals surface area contributed by atoms with Gasteiger partial charge >= 0.3 is 6.09 Å². The highest BCUT2D eigenvalue weighted by molar-refractivity contribution is 9.10. The largest absolute Gasteiger partial charge is 0.444 e. The van der Waals surface area contributed by atoms with Crippen LogP contribution >= 0.6 is 27.5 Å². The Hall–Kier alpha value is -0.780. The van der Waals surface area contributed by atoms with E-state index < -0.39 is 5.60 Å². The van der Waals surface area contributed by atoms with Gasteiger partial charge in [0.1, 0.15) is 5.60 Å². The van der Waals surface area contributed by atoms with Crippen molar-refractivity contribution in [3.05, 3.63) is 32.8 Å². The summed E-state index contributed by atoms with van der Waals surface area (Å²) >= 11 is 9.80. The van der Waals surface area contributed by atoms with Gasteiger partial charge in [-0.2, -0.15) is 0 Å². The van der Waals surface area contributed by atoms with Crippen LogP contribution < -0.4 is 5.73 Å². The second-order valence-corrected chi connectivity index (χ2v) is 7.48. The Morgan fingerprint density at radius 1 is 1.48 bits per heavy atom. The number of carbonyl (C=O) groups excluding carboxylic acids is 1. The van der Waals surface area contributed by atoms with Gasteiger partial charge in [-0.1, -0.05) is 27.5 Å². The predicted molar refractivity (Wildman–Crippen MR) is 87.3 cm³/mol. The first-order valence-corrected chi connectivity index (χ1v) is 8.06. The molecule has 1 amide bonds. The summed E-state index contributed by atoms with van der Waals surface area (Å²) in [5, 5.41) is 0.645. The topological polar surface area (TPSA) is 55.6 Å². The molecule has 0 aliphatic carbocycles. The number of halogens is 2. The number of carbonyl (C=O) groups is 1. The summed E-state index contributed by atoms with van der Waals surface area (Å²) in [5.41, 5.74) is 7.58. The fraction of sp³-hybridized carbons (Fsp3) is 0.533. The number of amides is 1. The molecule has 1 aliphatic heterocycles. The minimum Gasteiger partial charge on any atom is -0.444 e. The number of rotatable bonds is 0. The summed E-state index contributed by atoms with van der Waals surface area (Å²) in [5.74, 6) is 0. The lowest BCUT2D eigenvalue weighted by Gasteiger charge is -2.26. The molecule has 2 N–H and O–H groups in total. The Morgan fingerprint density at radius 3 is 2.76 bits per heavy atom. The monoisotopic (exact) mass is 374 g/mol. The van der Waals surface area contributed by atoms with Crippen LogP contribution in [-0.2, 0) is 11.3 Å². The molecule has 0 saturated carbocycles. The molecular formula is C15H20BrClN2O2. The van der Waals surface area contributed by atoms with Crippen LogP contribution in [-0.4, -0.2) is 23.1 Å². The van der Waals surface area contributed by atoms with E-state index >= 15 is 0 Å². The van der Waals surface area contributed by atoms with Crippen molar-refractivity contribution >= 4 is 33.6 Å². The zero-order valence-corrected chi connectivity index (χ0v) is 14.8. The van der Waals surface area contributed by atoms with Crippen LogP contribution in [0.4, 0.5) is 4.79 Å². The number of benzene rings is 1. The van der Waals surface area contributed by atoms with Crippen LogP contribution in [0, 0.1) is 0 Å². The van der Waals surface area contributed by atoms with Gasteiger partial charge in [0.15, 0.2) is 0 Å². The van der Waals surface area contributed by atoms with Crippen molar-refractivity contribution < 1.29 is 9.53 Å². The molecule has 1 atom stereocenters. The molecule has 21 heavy (non-hydrogen) atoms. The molecule has 0 radical (unpaired) electrons. The Labute approximate surface area is 138 Å². The van der Waals surface area contributed by atoms with E-state index in [9.17, 15) is 4.79 Å². The van der Waals surface area contributed by atoms with Crippen molar-refractivity contribution in [2.75, 3.05) is 6.54 Å². The van der Waals surface area contributed by atoms with Crippen molar-refractivity contribution in [2.45, 2.75) is 45.4 Å². The van der Waals surface area contributed by atoms with Gasteiger partial charge in [-0.25, -0.2) is 4.79 Å². The Morgan fingerprint density at radius 2 is 2.14 bits per heavy atom. The zero-order chi connectivity index (χ0) is 15.8. The molecule has 6 heteroatoms. The summed E-state index contributed by atoms with van der Waals surface area (Å²) < 4.78 is 6.36. The zero-order valence-electron chi connectivity index (χ0n) is 12.5.